The van der Waals surface area contributed by atoms with Gasteiger partial charge in [-0.25, -0.2) is 0 Å². The predicted octanol–water partition coefficient (Wildman–Crippen LogP) is 5.18. The lowest BCUT2D eigenvalue weighted by molar-refractivity contribution is 0.0883. The van der Waals surface area contributed by atoms with Crippen molar-refractivity contribution in [3.8, 4) is 11.5 Å². The number of hydrogen-bond donors (Lipinski definition) is 2. The molecule has 0 spiro atoms. The van der Waals surface area contributed by atoms with Crippen molar-refractivity contribution in [1.82, 2.24) is 0 Å². The van der Waals surface area contributed by atoms with Gasteiger partial charge in [-0.3, -0.25) is 10.7 Å². The summed E-state index contributed by atoms with van der Waals surface area (Å²) in [6, 6.07) is 4.91. The molecule has 1 unspecified atom stereocenters. The number of benzene rings is 2. The number of nitroso groups, excluding NO2 is 1. The number of nitrogens with one attached hydrogen (secondary N) is 1. The summed E-state index contributed by atoms with van der Waals surface area (Å²) in [4.78, 5) is 11.4. The van der Waals surface area contributed by atoms with Crippen molar-refractivity contribution >= 4 is 22.1 Å². The zero-order chi connectivity index (χ0) is 19.3. The molecule has 0 amide bonds. The van der Waals surface area contributed by atoms with E-state index in [0.29, 0.717) is 33.9 Å². The molecule has 0 saturated heterocycles. The first-order chi connectivity index (χ1) is 12.5. The second kappa shape index (κ2) is 8.82. The van der Waals surface area contributed by atoms with Crippen molar-refractivity contribution < 1.29 is 19.4 Å². The molecule has 0 saturated carbocycles. The van der Waals surface area contributed by atoms with Crippen LogP contribution in [0.5, 0.6) is 11.5 Å². The van der Waals surface area contributed by atoms with Crippen molar-refractivity contribution in [2.45, 2.75) is 32.8 Å². The average Bonchev–Trinajstić information content (AvgIpc) is 2.66. The Bertz CT molecular complexity index is 776. The number of rotatable bonds is 9. The van der Waals surface area contributed by atoms with E-state index < -0.39 is 0 Å². The fourth-order valence-corrected chi connectivity index (χ4v) is 3.18. The molecule has 2 aromatic carbocycles. The summed E-state index contributed by atoms with van der Waals surface area (Å²) in [7, 11) is 4.71. The SMILES string of the molecule is COc1cc(C(CCC(C)C)OC)c(OC)c2c(N=O)ccc(NO)c12. The van der Waals surface area contributed by atoms with E-state index in [4.69, 9.17) is 14.2 Å². The molecule has 26 heavy (non-hydrogen) atoms. The Morgan fingerprint density at radius 2 is 1.85 bits per heavy atom. The van der Waals surface area contributed by atoms with Crippen LogP contribution in [0.2, 0.25) is 0 Å². The summed E-state index contributed by atoms with van der Waals surface area (Å²) in [5.74, 6) is 1.51. The molecule has 0 aliphatic heterocycles. The van der Waals surface area contributed by atoms with Crippen LogP contribution in [-0.2, 0) is 4.74 Å². The molecule has 0 fully saturated rings. The first-order valence-corrected chi connectivity index (χ1v) is 8.50. The van der Waals surface area contributed by atoms with Gasteiger partial charge in [0.2, 0.25) is 0 Å². The Morgan fingerprint density at radius 1 is 1.12 bits per heavy atom. The molecule has 0 aromatic heterocycles. The van der Waals surface area contributed by atoms with Crippen LogP contribution in [0.25, 0.3) is 10.8 Å². The first-order valence-electron chi connectivity index (χ1n) is 8.50. The van der Waals surface area contributed by atoms with E-state index in [9.17, 15) is 10.1 Å². The summed E-state index contributed by atoms with van der Waals surface area (Å²) < 4.78 is 16.9. The van der Waals surface area contributed by atoms with Crippen LogP contribution in [0.15, 0.2) is 23.4 Å². The standard InChI is InChI=1S/C19H26N2O5/c1-11(2)6-9-15(24-3)12-10-16(25-4)17-13(20-22)7-8-14(21-23)18(17)19(12)26-5/h7-8,10-11,15,20,22H,6,9H2,1-5H3. The van der Waals surface area contributed by atoms with E-state index >= 15 is 0 Å². The third-order valence-corrected chi connectivity index (χ3v) is 4.49. The summed E-state index contributed by atoms with van der Waals surface area (Å²) >= 11 is 0. The maximum absolute atomic E-state index is 11.4. The fourth-order valence-electron chi connectivity index (χ4n) is 3.18. The van der Waals surface area contributed by atoms with Crippen molar-refractivity contribution in [2.75, 3.05) is 26.8 Å². The van der Waals surface area contributed by atoms with Crippen LogP contribution in [0.1, 0.15) is 38.4 Å². The van der Waals surface area contributed by atoms with Crippen molar-refractivity contribution in [3.05, 3.63) is 28.7 Å². The number of ether oxygens (including phenoxy) is 3. The van der Waals surface area contributed by atoms with Gasteiger partial charge in [0.05, 0.1) is 36.8 Å². The molecular weight excluding hydrogens is 336 g/mol. The van der Waals surface area contributed by atoms with Gasteiger partial charge in [-0.05, 0) is 42.1 Å². The van der Waals surface area contributed by atoms with Crippen molar-refractivity contribution in [2.24, 2.45) is 11.1 Å². The Kier molecular flexibility index (Phi) is 6.76. The van der Waals surface area contributed by atoms with Gasteiger partial charge in [-0.1, -0.05) is 13.8 Å². The smallest absolute Gasteiger partial charge is 0.135 e. The first kappa shape index (κ1) is 19.9. The molecule has 0 aliphatic rings. The molecule has 0 heterocycles. The molecule has 0 bridgehead atoms. The summed E-state index contributed by atoms with van der Waals surface area (Å²) in [6.45, 7) is 4.30. The Balaban J connectivity index is 2.81. The topological polar surface area (TPSA) is 89.4 Å². The predicted molar refractivity (Wildman–Crippen MR) is 102 cm³/mol. The van der Waals surface area contributed by atoms with Crippen LogP contribution in [0.4, 0.5) is 11.4 Å². The van der Waals surface area contributed by atoms with Crippen LogP contribution < -0.4 is 15.0 Å². The minimum atomic E-state index is -0.226. The molecule has 7 heteroatoms. The lowest BCUT2D eigenvalue weighted by Gasteiger charge is -2.23. The molecule has 2 aromatic rings. The summed E-state index contributed by atoms with van der Waals surface area (Å²) in [5.41, 5.74) is 3.51. The monoisotopic (exact) mass is 362 g/mol. The van der Waals surface area contributed by atoms with Crippen LogP contribution in [-0.4, -0.2) is 26.5 Å². The molecule has 2 N–H and O–H groups in total. The number of nitrogens with zero attached hydrogens (tertiary/aromatic N) is 1. The molecule has 0 aliphatic carbocycles. The van der Waals surface area contributed by atoms with Gasteiger partial charge in [-0.15, -0.1) is 4.91 Å². The largest absolute Gasteiger partial charge is 0.496 e. The van der Waals surface area contributed by atoms with Gasteiger partial charge in [0.25, 0.3) is 0 Å². The van der Waals surface area contributed by atoms with E-state index in [2.05, 4.69) is 24.5 Å². The number of anilines is 1. The van der Waals surface area contributed by atoms with E-state index in [0.717, 1.165) is 18.4 Å². The highest BCUT2D eigenvalue weighted by molar-refractivity contribution is 6.08. The number of methoxy groups -OCH3 is 3. The second-order valence-corrected chi connectivity index (χ2v) is 6.48. The number of hydrogen-bond acceptors (Lipinski definition) is 7. The van der Waals surface area contributed by atoms with Gasteiger partial charge >= 0.3 is 0 Å². The Hall–Kier alpha value is -2.38. The van der Waals surface area contributed by atoms with Crippen LogP contribution in [0.3, 0.4) is 0 Å². The molecular formula is C19H26N2O5. The highest BCUT2D eigenvalue weighted by Crippen LogP contribution is 2.48. The molecule has 7 nitrogen and oxygen atoms in total. The minimum absolute atomic E-state index is 0.203. The van der Waals surface area contributed by atoms with E-state index in [1.54, 1.807) is 13.2 Å². The van der Waals surface area contributed by atoms with Gasteiger partial charge in [0.1, 0.15) is 17.2 Å². The Morgan fingerprint density at radius 3 is 2.35 bits per heavy atom. The third-order valence-electron chi connectivity index (χ3n) is 4.49. The summed E-state index contributed by atoms with van der Waals surface area (Å²) in [6.07, 6.45) is 1.54. The second-order valence-electron chi connectivity index (χ2n) is 6.48. The third kappa shape index (κ3) is 3.73. The number of fused-ring (bicyclic) bond motifs is 1. The molecule has 2 rings (SSSR count). The molecule has 1 atom stereocenters. The maximum atomic E-state index is 11.4. The van der Waals surface area contributed by atoms with E-state index in [1.165, 1.54) is 20.3 Å². The Labute approximate surface area is 153 Å². The normalized spacial score (nSPS) is 12.3. The zero-order valence-electron chi connectivity index (χ0n) is 15.8. The van der Waals surface area contributed by atoms with Crippen LogP contribution >= 0.6 is 0 Å². The maximum Gasteiger partial charge on any atom is 0.135 e. The fraction of sp³-hybridized carbons (Fsp3) is 0.474. The van der Waals surface area contributed by atoms with E-state index in [1.807, 2.05) is 6.07 Å². The van der Waals surface area contributed by atoms with Gasteiger partial charge in [0, 0.05) is 12.7 Å². The van der Waals surface area contributed by atoms with E-state index in [-0.39, 0.29) is 11.8 Å². The molecule has 0 radical (unpaired) electrons. The van der Waals surface area contributed by atoms with Crippen LogP contribution in [0, 0.1) is 10.8 Å². The quantitative estimate of drug-likeness (QED) is 0.472. The van der Waals surface area contributed by atoms with Crippen molar-refractivity contribution in [1.29, 1.82) is 0 Å². The van der Waals surface area contributed by atoms with Gasteiger partial charge < -0.3 is 14.2 Å². The lowest BCUT2D eigenvalue weighted by Crippen LogP contribution is -2.07. The summed E-state index contributed by atoms with van der Waals surface area (Å²) in [5, 5.41) is 13.6. The lowest BCUT2D eigenvalue weighted by atomic mass is 9.94. The minimum Gasteiger partial charge on any atom is -0.496 e. The average molecular weight is 362 g/mol. The molecule has 142 valence electrons. The van der Waals surface area contributed by atoms with Crippen molar-refractivity contribution in [3.63, 3.8) is 0 Å². The zero-order valence-corrected chi connectivity index (χ0v) is 15.8. The highest BCUT2D eigenvalue weighted by Gasteiger charge is 2.24. The van der Waals surface area contributed by atoms with Gasteiger partial charge in [0.15, 0.2) is 0 Å². The van der Waals surface area contributed by atoms with Gasteiger partial charge in [-0.2, -0.15) is 0 Å². The highest BCUT2D eigenvalue weighted by atomic mass is 16.5.